The Labute approximate surface area is 144 Å². The molecule has 0 fully saturated rings. The number of nitrogens with one attached hydrogen (secondary N) is 1. The van der Waals surface area contributed by atoms with Crippen LogP contribution in [0, 0.1) is 0 Å². The molecule has 0 bridgehead atoms. The zero-order chi connectivity index (χ0) is 18.0. The van der Waals surface area contributed by atoms with Gasteiger partial charge in [-0.3, -0.25) is 9.59 Å². The maximum Gasteiger partial charge on any atom is 0.320 e. The van der Waals surface area contributed by atoms with Crippen LogP contribution in [0.4, 0.5) is 0 Å². The monoisotopic (exact) mass is 338 g/mol. The number of H-pyrrole nitrogens is 1. The number of fused-ring (bicyclic) bond motifs is 1. The Balaban J connectivity index is 2.07. The van der Waals surface area contributed by atoms with Crippen molar-refractivity contribution in [2.75, 3.05) is 7.11 Å². The zero-order valence-electron chi connectivity index (χ0n) is 13.7. The molecule has 6 nitrogen and oxygen atoms in total. The second-order valence-corrected chi connectivity index (χ2v) is 5.73. The number of methoxy groups -OCH3 is 1. The fourth-order valence-corrected chi connectivity index (χ4v) is 2.80. The number of benzene rings is 2. The topological polar surface area (TPSA) is 105 Å². The summed E-state index contributed by atoms with van der Waals surface area (Å²) in [7, 11) is 1.56. The number of carboxylic acids is 1. The Morgan fingerprint density at radius 3 is 2.48 bits per heavy atom. The molecule has 2 aromatic carbocycles. The van der Waals surface area contributed by atoms with Crippen molar-refractivity contribution in [1.82, 2.24) is 4.98 Å². The number of nitrogens with two attached hydrogens (primary N) is 1. The standard InChI is InChI=1S/C19H18N2O4/c1-25-12-8-6-11(7-9-12)18(22)17-14(10-15(20)19(23)24)13-4-2-3-5-16(13)21-17/h2-9,15,21H,10,20H2,1H3,(H,23,24). The third-order valence-electron chi connectivity index (χ3n) is 4.13. The molecule has 128 valence electrons. The fourth-order valence-electron chi connectivity index (χ4n) is 2.80. The van der Waals surface area contributed by atoms with E-state index < -0.39 is 12.0 Å². The first-order valence-corrected chi connectivity index (χ1v) is 7.78. The molecule has 3 rings (SSSR count). The highest BCUT2D eigenvalue weighted by Gasteiger charge is 2.23. The summed E-state index contributed by atoms with van der Waals surface area (Å²) >= 11 is 0. The van der Waals surface area contributed by atoms with Crippen LogP contribution in [0.15, 0.2) is 48.5 Å². The molecular weight excluding hydrogens is 320 g/mol. The number of carbonyl (C=O) groups is 2. The van der Waals surface area contributed by atoms with E-state index in [1.54, 1.807) is 31.4 Å². The van der Waals surface area contributed by atoms with Crippen LogP contribution >= 0.6 is 0 Å². The van der Waals surface area contributed by atoms with Gasteiger partial charge in [0.1, 0.15) is 11.8 Å². The van der Waals surface area contributed by atoms with Crippen LogP contribution in [-0.2, 0) is 11.2 Å². The molecule has 6 heteroatoms. The summed E-state index contributed by atoms with van der Waals surface area (Å²) < 4.78 is 5.10. The molecule has 25 heavy (non-hydrogen) atoms. The third-order valence-corrected chi connectivity index (χ3v) is 4.13. The van der Waals surface area contributed by atoms with E-state index in [9.17, 15) is 9.59 Å². The summed E-state index contributed by atoms with van der Waals surface area (Å²) in [6.07, 6.45) is 0.0660. The second-order valence-electron chi connectivity index (χ2n) is 5.73. The lowest BCUT2D eigenvalue weighted by molar-refractivity contribution is -0.138. The summed E-state index contributed by atoms with van der Waals surface area (Å²) in [5.74, 6) is -0.666. The lowest BCUT2D eigenvalue weighted by atomic mass is 9.98. The number of ether oxygens (including phenoxy) is 1. The Morgan fingerprint density at radius 2 is 1.84 bits per heavy atom. The number of carboxylic acid groups (broad SMARTS) is 1. The summed E-state index contributed by atoms with van der Waals surface area (Å²) in [6.45, 7) is 0. The maximum atomic E-state index is 12.9. The summed E-state index contributed by atoms with van der Waals surface area (Å²) in [4.78, 5) is 27.2. The quantitative estimate of drug-likeness (QED) is 0.598. The molecule has 0 aliphatic carbocycles. The van der Waals surface area contributed by atoms with Crippen molar-refractivity contribution >= 4 is 22.7 Å². The number of hydrogen-bond acceptors (Lipinski definition) is 4. The smallest absolute Gasteiger partial charge is 0.320 e. The van der Waals surface area contributed by atoms with Crippen molar-refractivity contribution in [3.8, 4) is 5.75 Å². The molecule has 1 unspecified atom stereocenters. The summed E-state index contributed by atoms with van der Waals surface area (Å²) in [5.41, 5.74) is 7.94. The van der Waals surface area contributed by atoms with Gasteiger partial charge in [0.05, 0.1) is 12.8 Å². The van der Waals surface area contributed by atoms with Crippen LogP contribution in [0.5, 0.6) is 5.75 Å². The molecule has 4 N–H and O–H groups in total. The van der Waals surface area contributed by atoms with E-state index in [2.05, 4.69) is 4.98 Å². The van der Waals surface area contributed by atoms with Crippen molar-refractivity contribution in [2.24, 2.45) is 5.73 Å². The molecule has 0 saturated carbocycles. The minimum absolute atomic E-state index is 0.0660. The van der Waals surface area contributed by atoms with Gasteiger partial charge < -0.3 is 20.6 Å². The van der Waals surface area contributed by atoms with Crippen LogP contribution in [0.3, 0.4) is 0 Å². The maximum absolute atomic E-state index is 12.9. The first kappa shape index (κ1) is 16.7. The molecule has 0 radical (unpaired) electrons. The van der Waals surface area contributed by atoms with Gasteiger partial charge in [-0.25, -0.2) is 0 Å². The SMILES string of the molecule is COc1ccc(C(=O)c2[nH]c3ccccc3c2CC(N)C(=O)O)cc1. The fraction of sp³-hybridized carbons (Fsp3) is 0.158. The van der Waals surface area contributed by atoms with Crippen LogP contribution in [0.2, 0.25) is 0 Å². The number of hydrogen-bond donors (Lipinski definition) is 3. The average molecular weight is 338 g/mol. The van der Waals surface area contributed by atoms with Gasteiger partial charge in [-0.15, -0.1) is 0 Å². The van der Waals surface area contributed by atoms with E-state index in [0.717, 1.165) is 10.9 Å². The van der Waals surface area contributed by atoms with Gasteiger partial charge in [-0.2, -0.15) is 0 Å². The van der Waals surface area contributed by atoms with Crippen molar-refractivity contribution in [3.63, 3.8) is 0 Å². The van der Waals surface area contributed by atoms with E-state index in [1.807, 2.05) is 24.3 Å². The number of rotatable bonds is 6. The molecule has 0 aliphatic heterocycles. The highest BCUT2D eigenvalue weighted by molar-refractivity contribution is 6.12. The van der Waals surface area contributed by atoms with Gasteiger partial charge in [0.15, 0.2) is 0 Å². The Morgan fingerprint density at radius 1 is 1.16 bits per heavy atom. The van der Waals surface area contributed by atoms with E-state index in [0.29, 0.717) is 22.6 Å². The number of para-hydroxylation sites is 1. The first-order valence-electron chi connectivity index (χ1n) is 7.78. The second kappa shape index (κ2) is 6.78. The molecule has 1 atom stereocenters. The van der Waals surface area contributed by atoms with Gasteiger partial charge >= 0.3 is 5.97 Å². The van der Waals surface area contributed by atoms with Crippen molar-refractivity contribution in [1.29, 1.82) is 0 Å². The summed E-state index contributed by atoms with van der Waals surface area (Å²) in [6, 6.07) is 13.1. The molecule has 1 heterocycles. The van der Waals surface area contributed by atoms with Crippen LogP contribution in [-0.4, -0.2) is 35.0 Å². The largest absolute Gasteiger partial charge is 0.497 e. The zero-order valence-corrected chi connectivity index (χ0v) is 13.7. The normalized spacial score (nSPS) is 12.1. The highest BCUT2D eigenvalue weighted by Crippen LogP contribution is 2.26. The minimum Gasteiger partial charge on any atom is -0.497 e. The number of aliphatic carboxylic acids is 1. The molecule has 0 saturated heterocycles. The first-order chi connectivity index (χ1) is 12.0. The highest BCUT2D eigenvalue weighted by atomic mass is 16.5. The summed E-state index contributed by atoms with van der Waals surface area (Å²) in [5, 5.41) is 9.92. The number of ketones is 1. The lowest BCUT2D eigenvalue weighted by Crippen LogP contribution is -2.32. The van der Waals surface area contributed by atoms with Gasteiger partial charge in [-0.1, -0.05) is 18.2 Å². The molecule has 0 spiro atoms. The average Bonchev–Trinajstić information content (AvgIpc) is 2.99. The third kappa shape index (κ3) is 3.25. The number of aromatic nitrogens is 1. The van der Waals surface area contributed by atoms with Gasteiger partial charge in [0.25, 0.3) is 0 Å². The number of carbonyl (C=O) groups excluding carboxylic acids is 1. The molecule has 3 aromatic rings. The molecular formula is C19H18N2O4. The lowest BCUT2D eigenvalue weighted by Gasteiger charge is -2.08. The van der Waals surface area contributed by atoms with E-state index in [1.165, 1.54) is 0 Å². The Hall–Kier alpha value is -3.12. The number of aromatic amines is 1. The predicted molar refractivity (Wildman–Crippen MR) is 94.0 cm³/mol. The van der Waals surface area contributed by atoms with Crippen molar-refractivity contribution in [2.45, 2.75) is 12.5 Å². The Bertz CT molecular complexity index is 928. The van der Waals surface area contributed by atoms with Gasteiger partial charge in [0.2, 0.25) is 5.78 Å². The van der Waals surface area contributed by atoms with E-state index in [-0.39, 0.29) is 12.2 Å². The molecule has 1 aromatic heterocycles. The van der Waals surface area contributed by atoms with Gasteiger partial charge in [0, 0.05) is 22.9 Å². The minimum atomic E-state index is -1.10. The Kier molecular flexibility index (Phi) is 4.54. The van der Waals surface area contributed by atoms with E-state index in [4.69, 9.17) is 15.6 Å². The van der Waals surface area contributed by atoms with Crippen molar-refractivity contribution < 1.29 is 19.4 Å². The van der Waals surface area contributed by atoms with Crippen molar-refractivity contribution in [3.05, 3.63) is 65.4 Å². The molecule has 0 aliphatic rings. The van der Waals surface area contributed by atoms with Crippen LogP contribution < -0.4 is 10.5 Å². The van der Waals surface area contributed by atoms with Gasteiger partial charge in [-0.05, 0) is 35.9 Å². The molecule has 0 amide bonds. The van der Waals surface area contributed by atoms with Crippen LogP contribution in [0.1, 0.15) is 21.6 Å². The van der Waals surface area contributed by atoms with Crippen LogP contribution in [0.25, 0.3) is 10.9 Å². The predicted octanol–water partition coefficient (Wildman–Crippen LogP) is 2.36. The van der Waals surface area contributed by atoms with E-state index >= 15 is 0 Å².